The predicted molar refractivity (Wildman–Crippen MR) is 74.5 cm³/mol. The molecule has 1 aromatic heterocycles. The van der Waals surface area contributed by atoms with Crippen LogP contribution in [0.2, 0.25) is 0 Å². The van der Waals surface area contributed by atoms with Gasteiger partial charge in [0, 0.05) is 5.69 Å². The molecule has 0 aliphatic heterocycles. The Morgan fingerprint density at radius 1 is 1.17 bits per heavy atom. The number of H-pyrrole nitrogens is 1. The van der Waals surface area contributed by atoms with E-state index < -0.39 is 0 Å². The van der Waals surface area contributed by atoms with Crippen molar-refractivity contribution in [3.8, 4) is 0 Å². The summed E-state index contributed by atoms with van der Waals surface area (Å²) >= 11 is 0. The zero-order chi connectivity index (χ0) is 12.5. The second-order valence-electron chi connectivity index (χ2n) is 5.00. The fourth-order valence-electron chi connectivity index (χ4n) is 2.79. The van der Waals surface area contributed by atoms with Crippen LogP contribution in [0.4, 0.5) is 0 Å². The van der Waals surface area contributed by atoms with Crippen LogP contribution in [-0.4, -0.2) is 10.2 Å². The van der Waals surface area contributed by atoms with Gasteiger partial charge in [0.1, 0.15) is 0 Å². The van der Waals surface area contributed by atoms with E-state index >= 15 is 0 Å². The van der Waals surface area contributed by atoms with Gasteiger partial charge in [-0.2, -0.15) is 5.10 Å². The van der Waals surface area contributed by atoms with Gasteiger partial charge in [-0.25, -0.2) is 0 Å². The Morgan fingerprint density at radius 2 is 2.00 bits per heavy atom. The lowest BCUT2D eigenvalue weighted by atomic mass is 9.99. The largest absolute Gasteiger partial charge is 0.282 e. The molecular formula is C16H18N2. The molecule has 0 atom stereocenters. The molecule has 0 bridgehead atoms. The van der Waals surface area contributed by atoms with Crippen molar-refractivity contribution < 1.29 is 0 Å². The molecule has 0 unspecified atom stereocenters. The summed E-state index contributed by atoms with van der Waals surface area (Å²) in [5.41, 5.74) is 8.12. The number of aromatic amines is 1. The number of aromatic nitrogens is 2. The molecule has 0 saturated heterocycles. The van der Waals surface area contributed by atoms with Crippen LogP contribution in [0.25, 0.3) is 5.57 Å². The van der Waals surface area contributed by atoms with Crippen LogP contribution in [0.5, 0.6) is 0 Å². The van der Waals surface area contributed by atoms with Crippen LogP contribution in [0.15, 0.2) is 30.3 Å². The monoisotopic (exact) mass is 238 g/mol. The van der Waals surface area contributed by atoms with Gasteiger partial charge >= 0.3 is 0 Å². The Balaban J connectivity index is 1.76. The van der Waals surface area contributed by atoms with Gasteiger partial charge in [0.05, 0.1) is 5.69 Å². The van der Waals surface area contributed by atoms with E-state index in [0.29, 0.717) is 0 Å². The molecule has 1 aromatic carbocycles. The minimum Gasteiger partial charge on any atom is -0.282 e. The van der Waals surface area contributed by atoms with Crippen molar-refractivity contribution in [2.24, 2.45) is 0 Å². The number of allylic oxidation sites excluding steroid dienone is 2. The lowest BCUT2D eigenvalue weighted by molar-refractivity contribution is 0.990. The third-order valence-electron chi connectivity index (χ3n) is 3.86. The lowest BCUT2D eigenvalue weighted by Gasteiger charge is -2.06. The van der Waals surface area contributed by atoms with Gasteiger partial charge in [0.25, 0.3) is 0 Å². The van der Waals surface area contributed by atoms with Crippen molar-refractivity contribution in [3.63, 3.8) is 0 Å². The number of rotatable bonds is 3. The van der Waals surface area contributed by atoms with E-state index in [-0.39, 0.29) is 0 Å². The molecule has 3 rings (SSSR count). The highest BCUT2D eigenvalue weighted by atomic mass is 15.1. The fraction of sp³-hybridized carbons (Fsp3) is 0.312. The number of hydrogen-bond acceptors (Lipinski definition) is 1. The molecule has 1 aliphatic carbocycles. The summed E-state index contributed by atoms with van der Waals surface area (Å²) in [6, 6.07) is 8.72. The highest BCUT2D eigenvalue weighted by Crippen LogP contribution is 2.30. The zero-order valence-electron chi connectivity index (χ0n) is 11.0. The Hall–Kier alpha value is -1.83. The third kappa shape index (κ3) is 1.88. The molecule has 2 aromatic rings. The van der Waals surface area contributed by atoms with Crippen LogP contribution < -0.4 is 0 Å². The summed E-state index contributed by atoms with van der Waals surface area (Å²) < 4.78 is 0. The Morgan fingerprint density at radius 3 is 2.78 bits per heavy atom. The summed E-state index contributed by atoms with van der Waals surface area (Å²) in [6.07, 6.45) is 5.65. The molecule has 1 N–H and O–H groups in total. The van der Waals surface area contributed by atoms with E-state index in [1.165, 1.54) is 28.0 Å². The maximum Gasteiger partial charge on any atom is 0.0626 e. The smallest absolute Gasteiger partial charge is 0.0626 e. The second kappa shape index (κ2) is 4.45. The fourth-order valence-corrected chi connectivity index (χ4v) is 2.79. The van der Waals surface area contributed by atoms with Crippen molar-refractivity contribution in [2.75, 3.05) is 0 Å². The van der Waals surface area contributed by atoms with E-state index in [9.17, 15) is 0 Å². The van der Waals surface area contributed by atoms with E-state index in [1.54, 1.807) is 0 Å². The number of nitrogens with zero attached hydrogens (tertiary/aromatic N) is 1. The maximum absolute atomic E-state index is 4.26. The van der Waals surface area contributed by atoms with Gasteiger partial charge in [-0.15, -0.1) is 0 Å². The normalized spacial score (nSPS) is 13.6. The molecular weight excluding hydrogens is 220 g/mol. The number of nitrogens with one attached hydrogen (secondary N) is 1. The van der Waals surface area contributed by atoms with Crippen molar-refractivity contribution in [1.82, 2.24) is 10.2 Å². The first-order valence-electron chi connectivity index (χ1n) is 6.53. The minimum atomic E-state index is 1.08. The first kappa shape index (κ1) is 11.3. The van der Waals surface area contributed by atoms with Crippen molar-refractivity contribution in [3.05, 3.63) is 58.4 Å². The second-order valence-corrected chi connectivity index (χ2v) is 5.00. The third-order valence-corrected chi connectivity index (χ3v) is 3.86. The lowest BCUT2D eigenvalue weighted by Crippen LogP contribution is -1.91. The molecule has 0 amide bonds. The van der Waals surface area contributed by atoms with Crippen molar-refractivity contribution >= 4 is 5.57 Å². The SMILES string of the molecule is Cc1n[nH]c(C)c1CCC1=CCc2ccccc21. The summed E-state index contributed by atoms with van der Waals surface area (Å²) in [6.45, 7) is 4.18. The van der Waals surface area contributed by atoms with Gasteiger partial charge in [-0.05, 0) is 55.4 Å². The van der Waals surface area contributed by atoms with Crippen LogP contribution in [0.1, 0.15) is 34.5 Å². The van der Waals surface area contributed by atoms with Gasteiger partial charge in [-0.1, -0.05) is 30.3 Å². The Kier molecular flexibility index (Phi) is 2.78. The van der Waals surface area contributed by atoms with Crippen molar-refractivity contribution in [2.45, 2.75) is 33.1 Å². The van der Waals surface area contributed by atoms with Crippen molar-refractivity contribution in [1.29, 1.82) is 0 Å². The summed E-state index contributed by atoms with van der Waals surface area (Å²) in [4.78, 5) is 0. The topological polar surface area (TPSA) is 28.7 Å². The standard InChI is InChI=1S/C16H18N2/c1-11-15(12(2)18-17-11)10-9-14-8-7-13-5-3-4-6-16(13)14/h3-6,8H,7,9-10H2,1-2H3,(H,17,18). The molecule has 0 saturated carbocycles. The van der Waals surface area contributed by atoms with Crippen LogP contribution >= 0.6 is 0 Å². The average molecular weight is 238 g/mol. The molecule has 18 heavy (non-hydrogen) atoms. The predicted octanol–water partition coefficient (Wildman–Crippen LogP) is 3.60. The summed E-state index contributed by atoms with van der Waals surface area (Å²) in [5.74, 6) is 0. The van der Waals surface area contributed by atoms with E-state index in [4.69, 9.17) is 0 Å². The quantitative estimate of drug-likeness (QED) is 0.869. The number of aryl methyl sites for hydroxylation is 2. The molecule has 92 valence electrons. The first-order valence-corrected chi connectivity index (χ1v) is 6.53. The summed E-state index contributed by atoms with van der Waals surface area (Å²) in [5, 5.41) is 7.32. The van der Waals surface area contributed by atoms with Crippen LogP contribution in [-0.2, 0) is 12.8 Å². The maximum atomic E-state index is 4.26. The van der Waals surface area contributed by atoms with Crippen LogP contribution in [0, 0.1) is 13.8 Å². The number of benzene rings is 1. The van der Waals surface area contributed by atoms with Gasteiger partial charge in [0.2, 0.25) is 0 Å². The minimum absolute atomic E-state index is 1.08. The Labute approximate surface area is 108 Å². The van der Waals surface area contributed by atoms with Gasteiger partial charge < -0.3 is 0 Å². The highest BCUT2D eigenvalue weighted by Gasteiger charge is 2.14. The van der Waals surface area contributed by atoms with Gasteiger partial charge in [-0.3, -0.25) is 5.10 Å². The molecule has 2 heteroatoms. The van der Waals surface area contributed by atoms with E-state index in [2.05, 4.69) is 54.4 Å². The molecule has 1 heterocycles. The van der Waals surface area contributed by atoms with E-state index in [0.717, 1.165) is 25.0 Å². The molecule has 2 nitrogen and oxygen atoms in total. The average Bonchev–Trinajstić information content (AvgIpc) is 2.93. The molecule has 0 radical (unpaired) electrons. The van der Waals surface area contributed by atoms with Crippen LogP contribution in [0.3, 0.4) is 0 Å². The summed E-state index contributed by atoms with van der Waals surface area (Å²) in [7, 11) is 0. The molecule has 1 aliphatic rings. The number of fused-ring (bicyclic) bond motifs is 1. The highest BCUT2D eigenvalue weighted by molar-refractivity contribution is 5.73. The first-order chi connectivity index (χ1) is 8.75. The van der Waals surface area contributed by atoms with E-state index in [1.807, 2.05) is 0 Å². The number of hydrogen-bond donors (Lipinski definition) is 1. The molecule has 0 fully saturated rings. The Bertz CT molecular complexity index is 586. The molecule has 0 spiro atoms. The van der Waals surface area contributed by atoms with Gasteiger partial charge in [0.15, 0.2) is 0 Å². The zero-order valence-corrected chi connectivity index (χ0v) is 11.0.